The van der Waals surface area contributed by atoms with Crippen LogP contribution in [0.1, 0.15) is 32.6 Å². The number of allylic oxidation sites excluding steroid dienone is 1. The van der Waals surface area contributed by atoms with E-state index in [2.05, 4.69) is 18.8 Å². The zero-order valence-electron chi connectivity index (χ0n) is 16.9. The predicted octanol–water partition coefficient (Wildman–Crippen LogP) is 4.69. The minimum atomic E-state index is -0.142. The lowest BCUT2D eigenvalue weighted by atomic mass is 9.86. The van der Waals surface area contributed by atoms with Crippen molar-refractivity contribution < 1.29 is 9.21 Å². The van der Waals surface area contributed by atoms with Gasteiger partial charge in [0, 0.05) is 23.5 Å². The summed E-state index contributed by atoms with van der Waals surface area (Å²) < 4.78 is 7.06. The number of hydrogen-bond donors (Lipinski definition) is 1. The van der Waals surface area contributed by atoms with Gasteiger partial charge in [0.05, 0.1) is 17.4 Å². The summed E-state index contributed by atoms with van der Waals surface area (Å²) in [5.74, 6) is 1.37. The van der Waals surface area contributed by atoms with Crippen molar-refractivity contribution in [2.45, 2.75) is 50.4 Å². The third kappa shape index (κ3) is 4.25. The summed E-state index contributed by atoms with van der Waals surface area (Å²) in [6, 6.07) is 3.87. The third-order valence-electron chi connectivity index (χ3n) is 5.55. The van der Waals surface area contributed by atoms with Crippen molar-refractivity contribution >= 4 is 39.2 Å². The summed E-state index contributed by atoms with van der Waals surface area (Å²) in [6.45, 7) is 6.30. The number of aromatic nitrogens is 2. The molecule has 1 saturated carbocycles. The molecule has 1 aliphatic carbocycles. The van der Waals surface area contributed by atoms with Crippen molar-refractivity contribution in [3.05, 3.63) is 46.8 Å². The van der Waals surface area contributed by atoms with Gasteiger partial charge in [-0.3, -0.25) is 14.2 Å². The van der Waals surface area contributed by atoms with Crippen LogP contribution in [-0.4, -0.2) is 27.3 Å². The summed E-state index contributed by atoms with van der Waals surface area (Å²) in [5.41, 5.74) is 0.604. The molecule has 1 amide bonds. The van der Waals surface area contributed by atoms with E-state index in [1.165, 1.54) is 29.5 Å². The first-order chi connectivity index (χ1) is 14.6. The monoisotopic (exact) mass is 443 g/mol. The second-order valence-electron chi connectivity index (χ2n) is 7.63. The molecule has 30 heavy (non-hydrogen) atoms. The van der Waals surface area contributed by atoms with E-state index >= 15 is 0 Å². The first-order valence-corrected chi connectivity index (χ1v) is 12.0. The Morgan fingerprint density at radius 1 is 1.47 bits per heavy atom. The molecule has 1 N–H and O–H groups in total. The fourth-order valence-corrected chi connectivity index (χ4v) is 5.72. The fourth-order valence-electron chi connectivity index (χ4n) is 3.93. The normalized spacial score (nSPS) is 19.1. The minimum absolute atomic E-state index is 0.0132. The van der Waals surface area contributed by atoms with Gasteiger partial charge in [0.25, 0.3) is 5.56 Å². The van der Waals surface area contributed by atoms with Gasteiger partial charge in [-0.2, -0.15) is 0 Å². The van der Waals surface area contributed by atoms with Crippen LogP contribution in [0.2, 0.25) is 0 Å². The van der Waals surface area contributed by atoms with Crippen molar-refractivity contribution in [2.75, 3.05) is 5.75 Å². The van der Waals surface area contributed by atoms with Gasteiger partial charge in [-0.1, -0.05) is 37.6 Å². The lowest BCUT2D eigenvalue weighted by molar-refractivity contribution is -0.119. The number of fused-ring (bicyclic) bond motifs is 1. The zero-order chi connectivity index (χ0) is 21.1. The molecule has 0 aromatic carbocycles. The number of furan rings is 1. The van der Waals surface area contributed by atoms with Crippen molar-refractivity contribution in [3.63, 3.8) is 0 Å². The number of amides is 1. The highest BCUT2D eigenvalue weighted by Gasteiger charge is 2.23. The lowest BCUT2D eigenvalue weighted by Gasteiger charge is -2.29. The summed E-state index contributed by atoms with van der Waals surface area (Å²) >= 11 is 2.70. The van der Waals surface area contributed by atoms with Crippen LogP contribution < -0.4 is 10.9 Å². The molecule has 0 unspecified atom stereocenters. The highest BCUT2D eigenvalue weighted by atomic mass is 32.2. The SMILES string of the molecule is C=CCn1c(SCC(=O)N[C@H]2CCCC[C@@H]2C)nc2scc(-c3ccco3)c2c1=O. The van der Waals surface area contributed by atoms with E-state index < -0.39 is 0 Å². The van der Waals surface area contributed by atoms with Crippen molar-refractivity contribution in [3.8, 4) is 11.3 Å². The molecule has 0 spiro atoms. The number of thiophene rings is 1. The van der Waals surface area contributed by atoms with E-state index in [1.54, 1.807) is 23.0 Å². The fraction of sp³-hybridized carbons (Fsp3) is 0.409. The number of rotatable bonds is 7. The summed E-state index contributed by atoms with van der Waals surface area (Å²) in [4.78, 5) is 31.1. The zero-order valence-corrected chi connectivity index (χ0v) is 18.6. The number of carbonyl (C=O) groups is 1. The number of nitrogens with one attached hydrogen (secondary N) is 1. The maximum absolute atomic E-state index is 13.2. The molecule has 4 rings (SSSR count). The molecule has 3 heterocycles. The van der Waals surface area contributed by atoms with Gasteiger partial charge >= 0.3 is 0 Å². The van der Waals surface area contributed by atoms with Crippen LogP contribution >= 0.6 is 23.1 Å². The highest BCUT2D eigenvalue weighted by Crippen LogP contribution is 2.32. The Morgan fingerprint density at radius 2 is 2.30 bits per heavy atom. The molecule has 1 aliphatic rings. The van der Waals surface area contributed by atoms with Crippen LogP contribution in [0, 0.1) is 5.92 Å². The van der Waals surface area contributed by atoms with Gasteiger partial charge in [0.15, 0.2) is 5.16 Å². The summed E-state index contributed by atoms with van der Waals surface area (Å²) in [6.07, 6.45) is 7.85. The molecule has 158 valence electrons. The molecule has 3 aromatic heterocycles. The van der Waals surface area contributed by atoms with Crippen molar-refractivity contribution in [2.24, 2.45) is 5.92 Å². The molecule has 6 nitrogen and oxygen atoms in total. The predicted molar refractivity (Wildman–Crippen MR) is 122 cm³/mol. The number of carbonyl (C=O) groups excluding carboxylic acids is 1. The molecule has 2 atom stereocenters. The summed E-state index contributed by atoms with van der Waals surface area (Å²) in [5, 5.41) is 6.13. The Balaban J connectivity index is 1.57. The maximum atomic E-state index is 13.2. The number of nitrogens with zero attached hydrogens (tertiary/aromatic N) is 2. The van der Waals surface area contributed by atoms with Crippen LogP contribution in [0.15, 0.2) is 50.8 Å². The molecule has 0 aliphatic heterocycles. The third-order valence-corrected chi connectivity index (χ3v) is 7.40. The lowest BCUT2D eigenvalue weighted by Crippen LogP contribution is -2.41. The van der Waals surface area contributed by atoms with E-state index in [1.807, 2.05) is 11.4 Å². The van der Waals surface area contributed by atoms with Crippen LogP contribution in [0.4, 0.5) is 0 Å². The van der Waals surface area contributed by atoms with E-state index in [-0.39, 0.29) is 23.3 Å². The molecule has 0 bridgehead atoms. The van der Waals surface area contributed by atoms with Crippen LogP contribution in [0.5, 0.6) is 0 Å². The molecule has 8 heteroatoms. The van der Waals surface area contributed by atoms with Gasteiger partial charge in [-0.25, -0.2) is 4.98 Å². The Hall–Kier alpha value is -2.32. The van der Waals surface area contributed by atoms with E-state index in [0.29, 0.717) is 33.6 Å². The van der Waals surface area contributed by atoms with Crippen molar-refractivity contribution in [1.29, 1.82) is 0 Å². The van der Waals surface area contributed by atoms with Gasteiger partial charge < -0.3 is 9.73 Å². The second kappa shape index (κ2) is 9.22. The van der Waals surface area contributed by atoms with Crippen molar-refractivity contribution in [1.82, 2.24) is 14.9 Å². The first kappa shape index (κ1) is 20.9. The molecule has 3 aromatic rings. The molecule has 0 saturated heterocycles. The topological polar surface area (TPSA) is 77.1 Å². The molecule has 0 radical (unpaired) electrons. The first-order valence-electron chi connectivity index (χ1n) is 10.2. The van der Waals surface area contributed by atoms with E-state index in [9.17, 15) is 9.59 Å². The number of thioether (sulfide) groups is 1. The largest absolute Gasteiger partial charge is 0.464 e. The van der Waals surface area contributed by atoms with Gasteiger partial charge in [-0.05, 0) is 30.9 Å². The molecule has 1 fully saturated rings. The Bertz CT molecular complexity index is 1100. The van der Waals surface area contributed by atoms with E-state index in [0.717, 1.165) is 24.8 Å². The average molecular weight is 444 g/mol. The minimum Gasteiger partial charge on any atom is -0.464 e. The Morgan fingerprint density at radius 3 is 3.03 bits per heavy atom. The van der Waals surface area contributed by atoms with Crippen LogP contribution in [0.25, 0.3) is 21.5 Å². The second-order valence-corrected chi connectivity index (χ2v) is 9.43. The standard InChI is InChI=1S/C22H25N3O3S2/c1-3-10-25-21(27)19-15(17-9-6-11-28-17)12-29-20(19)24-22(25)30-13-18(26)23-16-8-5-4-7-14(16)2/h3,6,9,11-12,14,16H,1,4-5,7-8,10,13H2,2H3,(H,23,26)/t14-,16-/m0/s1. The average Bonchev–Trinajstić information content (AvgIpc) is 3.40. The molecular formula is C22H25N3O3S2. The highest BCUT2D eigenvalue weighted by molar-refractivity contribution is 7.99. The Labute approximate surface area is 183 Å². The maximum Gasteiger partial charge on any atom is 0.263 e. The van der Waals surface area contributed by atoms with Gasteiger partial charge in [0.2, 0.25) is 5.91 Å². The van der Waals surface area contributed by atoms with E-state index in [4.69, 9.17) is 9.40 Å². The molecular weight excluding hydrogens is 418 g/mol. The van der Waals surface area contributed by atoms with Gasteiger partial charge in [-0.15, -0.1) is 17.9 Å². The summed E-state index contributed by atoms with van der Waals surface area (Å²) in [7, 11) is 0. The van der Waals surface area contributed by atoms with Gasteiger partial charge in [0.1, 0.15) is 10.6 Å². The van der Waals surface area contributed by atoms with Crippen LogP contribution in [0.3, 0.4) is 0 Å². The van der Waals surface area contributed by atoms with Crippen LogP contribution in [-0.2, 0) is 11.3 Å². The quantitative estimate of drug-likeness (QED) is 0.326. The Kier molecular flexibility index (Phi) is 6.43. The smallest absolute Gasteiger partial charge is 0.263 e. The number of hydrogen-bond acceptors (Lipinski definition) is 6.